The first kappa shape index (κ1) is 14.9. The van der Waals surface area contributed by atoms with E-state index < -0.39 is 9.84 Å². The number of rotatable bonds is 6. The lowest BCUT2D eigenvalue weighted by Gasteiger charge is -2.30. The molecule has 1 aliphatic heterocycles. The molecular weight excluding hydrogens is 238 g/mol. The molecule has 0 spiro atoms. The van der Waals surface area contributed by atoms with Crippen molar-refractivity contribution < 1.29 is 13.5 Å². The van der Waals surface area contributed by atoms with Crippen LogP contribution in [-0.2, 0) is 9.84 Å². The smallest absolute Gasteiger partial charge is 0.152 e. The fraction of sp³-hybridized carbons (Fsp3) is 1.00. The topological polar surface area (TPSA) is 57.6 Å². The highest BCUT2D eigenvalue weighted by molar-refractivity contribution is 7.91. The number of likely N-dealkylation sites (tertiary alicyclic amines) is 1. The lowest BCUT2D eigenvalue weighted by molar-refractivity contribution is 0.132. The molecule has 0 aromatic carbocycles. The largest absolute Gasteiger partial charge is 0.396 e. The zero-order valence-corrected chi connectivity index (χ0v) is 11.7. The first-order valence-electron chi connectivity index (χ1n) is 6.50. The van der Waals surface area contributed by atoms with Crippen LogP contribution in [0, 0.1) is 5.92 Å². The maximum absolute atomic E-state index is 11.6. The van der Waals surface area contributed by atoms with Crippen LogP contribution >= 0.6 is 0 Å². The Morgan fingerprint density at radius 3 is 2.35 bits per heavy atom. The van der Waals surface area contributed by atoms with E-state index >= 15 is 0 Å². The SMILES string of the molecule is CC(C)S(=O)(=O)CCCN1CCC(CO)CC1. The molecule has 0 amide bonds. The highest BCUT2D eigenvalue weighted by Gasteiger charge is 2.20. The zero-order valence-electron chi connectivity index (χ0n) is 10.9. The molecule has 0 aromatic rings. The third-order valence-electron chi connectivity index (χ3n) is 3.59. The molecule has 0 aliphatic carbocycles. The number of sulfone groups is 1. The summed E-state index contributed by atoms with van der Waals surface area (Å²) in [4.78, 5) is 2.31. The van der Waals surface area contributed by atoms with Crippen molar-refractivity contribution in [3.63, 3.8) is 0 Å². The standard InChI is InChI=1S/C12H25NO3S/c1-11(2)17(15,16)9-3-6-13-7-4-12(10-14)5-8-13/h11-12,14H,3-10H2,1-2H3. The van der Waals surface area contributed by atoms with Crippen molar-refractivity contribution in [2.75, 3.05) is 32.0 Å². The molecule has 4 nitrogen and oxygen atoms in total. The normalized spacial score (nSPS) is 20.0. The van der Waals surface area contributed by atoms with Crippen LogP contribution in [0.1, 0.15) is 33.1 Å². The van der Waals surface area contributed by atoms with Gasteiger partial charge in [0.25, 0.3) is 0 Å². The Bertz CT molecular complexity index is 306. The fourth-order valence-corrected chi connectivity index (χ4v) is 3.12. The molecule has 0 unspecified atom stereocenters. The van der Waals surface area contributed by atoms with Crippen LogP contribution in [0.4, 0.5) is 0 Å². The molecule has 5 heteroatoms. The Morgan fingerprint density at radius 2 is 1.88 bits per heavy atom. The highest BCUT2D eigenvalue weighted by Crippen LogP contribution is 2.16. The van der Waals surface area contributed by atoms with Gasteiger partial charge in [0.1, 0.15) is 0 Å². The van der Waals surface area contributed by atoms with Crippen molar-refractivity contribution >= 4 is 9.84 Å². The monoisotopic (exact) mass is 263 g/mol. The maximum Gasteiger partial charge on any atom is 0.152 e. The minimum absolute atomic E-state index is 0.261. The van der Waals surface area contributed by atoms with Crippen LogP contribution < -0.4 is 0 Å². The molecule has 1 N–H and O–H groups in total. The molecule has 1 rings (SSSR count). The number of piperidine rings is 1. The predicted molar refractivity (Wildman–Crippen MR) is 69.8 cm³/mol. The second-order valence-electron chi connectivity index (χ2n) is 5.24. The van der Waals surface area contributed by atoms with Gasteiger partial charge < -0.3 is 10.0 Å². The average molecular weight is 263 g/mol. The van der Waals surface area contributed by atoms with Crippen molar-refractivity contribution in [3.8, 4) is 0 Å². The minimum atomic E-state index is -2.88. The summed E-state index contributed by atoms with van der Waals surface area (Å²) in [6.07, 6.45) is 2.80. The number of aliphatic hydroxyl groups excluding tert-OH is 1. The van der Waals surface area contributed by atoms with Gasteiger partial charge in [-0.1, -0.05) is 0 Å². The first-order valence-corrected chi connectivity index (χ1v) is 8.22. The Kier molecular flexibility index (Phi) is 5.89. The summed E-state index contributed by atoms with van der Waals surface area (Å²) in [6.45, 7) is 6.61. The third kappa shape index (κ3) is 4.94. The number of aliphatic hydroxyl groups is 1. The molecule has 17 heavy (non-hydrogen) atoms. The molecule has 1 aliphatic rings. The minimum Gasteiger partial charge on any atom is -0.396 e. The van der Waals surface area contributed by atoms with Gasteiger partial charge in [0.05, 0.1) is 11.0 Å². The van der Waals surface area contributed by atoms with Gasteiger partial charge in [-0.05, 0) is 58.7 Å². The maximum atomic E-state index is 11.6. The van der Waals surface area contributed by atoms with Gasteiger partial charge in [-0.2, -0.15) is 0 Å². The molecule has 1 fully saturated rings. The summed E-state index contributed by atoms with van der Waals surface area (Å²) < 4.78 is 23.2. The third-order valence-corrected chi connectivity index (χ3v) is 5.88. The molecule has 1 heterocycles. The van der Waals surface area contributed by atoms with Gasteiger partial charge >= 0.3 is 0 Å². The quantitative estimate of drug-likeness (QED) is 0.774. The van der Waals surface area contributed by atoms with E-state index in [0.717, 1.165) is 38.9 Å². The molecule has 1 saturated heterocycles. The van der Waals surface area contributed by atoms with Gasteiger partial charge in [0.15, 0.2) is 9.84 Å². The van der Waals surface area contributed by atoms with Crippen LogP contribution in [0.3, 0.4) is 0 Å². The number of hydrogen-bond donors (Lipinski definition) is 1. The molecular formula is C12H25NO3S. The zero-order chi connectivity index (χ0) is 12.9. The van der Waals surface area contributed by atoms with Gasteiger partial charge in [0, 0.05) is 6.61 Å². The van der Waals surface area contributed by atoms with Crippen molar-refractivity contribution in [1.82, 2.24) is 4.90 Å². The highest BCUT2D eigenvalue weighted by atomic mass is 32.2. The van der Waals surface area contributed by atoms with Crippen LogP contribution in [0.15, 0.2) is 0 Å². The van der Waals surface area contributed by atoms with Gasteiger partial charge in [-0.25, -0.2) is 8.42 Å². The van der Waals surface area contributed by atoms with E-state index in [1.807, 2.05) is 0 Å². The van der Waals surface area contributed by atoms with E-state index in [9.17, 15) is 8.42 Å². The van der Waals surface area contributed by atoms with Crippen molar-refractivity contribution in [3.05, 3.63) is 0 Å². The summed E-state index contributed by atoms with van der Waals surface area (Å²) in [7, 11) is -2.88. The molecule has 0 saturated carbocycles. The molecule has 0 aromatic heterocycles. The summed E-state index contributed by atoms with van der Waals surface area (Å²) in [5.74, 6) is 0.746. The van der Waals surface area contributed by atoms with E-state index in [-0.39, 0.29) is 11.9 Å². The second kappa shape index (κ2) is 6.71. The van der Waals surface area contributed by atoms with Crippen LogP contribution in [0.5, 0.6) is 0 Å². The first-order chi connectivity index (χ1) is 7.95. The van der Waals surface area contributed by atoms with E-state index in [0.29, 0.717) is 11.7 Å². The summed E-state index contributed by atoms with van der Waals surface area (Å²) in [6, 6.07) is 0. The van der Waals surface area contributed by atoms with Crippen LogP contribution in [0.2, 0.25) is 0 Å². The lowest BCUT2D eigenvalue weighted by Crippen LogP contribution is -2.36. The van der Waals surface area contributed by atoms with Crippen molar-refractivity contribution in [2.45, 2.75) is 38.4 Å². The Labute approximate surface area is 105 Å². The van der Waals surface area contributed by atoms with Gasteiger partial charge in [0.2, 0.25) is 0 Å². The van der Waals surface area contributed by atoms with Gasteiger partial charge in [-0.3, -0.25) is 0 Å². The number of nitrogens with zero attached hydrogens (tertiary/aromatic N) is 1. The average Bonchev–Trinajstić information content (AvgIpc) is 2.29. The summed E-state index contributed by atoms with van der Waals surface area (Å²) >= 11 is 0. The predicted octanol–water partition coefficient (Wildman–Crippen LogP) is 0.904. The Morgan fingerprint density at radius 1 is 1.29 bits per heavy atom. The second-order valence-corrected chi connectivity index (χ2v) is 7.91. The Balaban J connectivity index is 2.20. The Hall–Kier alpha value is -0.130. The molecule has 0 bridgehead atoms. The van der Waals surface area contributed by atoms with E-state index in [1.165, 1.54) is 0 Å². The van der Waals surface area contributed by atoms with Crippen molar-refractivity contribution in [1.29, 1.82) is 0 Å². The number of hydrogen-bond acceptors (Lipinski definition) is 4. The molecule has 0 radical (unpaired) electrons. The molecule has 102 valence electrons. The fourth-order valence-electron chi connectivity index (χ4n) is 2.12. The molecule has 0 atom stereocenters. The van der Waals surface area contributed by atoms with E-state index in [4.69, 9.17) is 5.11 Å². The van der Waals surface area contributed by atoms with Gasteiger partial charge in [-0.15, -0.1) is 0 Å². The van der Waals surface area contributed by atoms with Crippen molar-refractivity contribution in [2.24, 2.45) is 5.92 Å². The van der Waals surface area contributed by atoms with Crippen LogP contribution in [-0.4, -0.2) is 55.7 Å². The van der Waals surface area contributed by atoms with E-state index in [1.54, 1.807) is 13.8 Å². The van der Waals surface area contributed by atoms with E-state index in [2.05, 4.69) is 4.90 Å². The summed E-state index contributed by atoms with van der Waals surface area (Å²) in [5, 5.41) is 8.76. The summed E-state index contributed by atoms with van der Waals surface area (Å²) in [5.41, 5.74) is 0. The van der Waals surface area contributed by atoms with Crippen LogP contribution in [0.25, 0.3) is 0 Å². The lowest BCUT2D eigenvalue weighted by atomic mass is 9.98.